The minimum atomic E-state index is -0.00630. The molecule has 0 aliphatic rings. The lowest BCUT2D eigenvalue weighted by Crippen LogP contribution is -2.08. The van der Waals surface area contributed by atoms with Crippen molar-refractivity contribution in [3.05, 3.63) is 69.0 Å². The second-order valence-corrected chi connectivity index (χ2v) is 5.85. The maximum Gasteiger partial charge on any atom is 0.200 e. The van der Waals surface area contributed by atoms with Crippen LogP contribution in [-0.4, -0.2) is 0 Å². The smallest absolute Gasteiger partial charge is 0.200 e. The molecule has 20 heavy (non-hydrogen) atoms. The first-order chi connectivity index (χ1) is 9.70. The van der Waals surface area contributed by atoms with Gasteiger partial charge in [-0.3, -0.25) is 4.79 Å². The Labute approximate surface area is 132 Å². The van der Waals surface area contributed by atoms with E-state index in [1.165, 1.54) is 0 Å². The van der Waals surface area contributed by atoms with Gasteiger partial charge in [0.05, 0.1) is 16.3 Å². The van der Waals surface area contributed by atoms with Crippen LogP contribution in [0.4, 0.5) is 0 Å². The summed E-state index contributed by atoms with van der Waals surface area (Å²) in [6, 6.07) is 15.1. The summed E-state index contributed by atoms with van der Waals surface area (Å²) in [5.41, 5.74) is 2.09. The predicted octanol–water partition coefficient (Wildman–Crippen LogP) is 5.12. The summed E-state index contributed by atoms with van der Waals surface area (Å²) in [5.74, 6) is 0.649. The largest absolute Gasteiger partial charge is 0.459 e. The molecule has 0 saturated carbocycles. The molecule has 3 rings (SSSR count). The quantitative estimate of drug-likeness (QED) is 0.565. The zero-order valence-corrected chi connectivity index (χ0v) is 13.6. The van der Waals surface area contributed by atoms with Crippen molar-refractivity contribution < 1.29 is 4.42 Å². The van der Waals surface area contributed by atoms with Crippen molar-refractivity contribution in [2.45, 2.75) is 5.33 Å². The molecular formula is C16H10Br2O2. The zero-order valence-electron chi connectivity index (χ0n) is 10.4. The van der Waals surface area contributed by atoms with Gasteiger partial charge >= 0.3 is 0 Å². The molecular weight excluding hydrogens is 384 g/mol. The lowest BCUT2D eigenvalue weighted by Gasteiger charge is -2.08. The van der Waals surface area contributed by atoms with Gasteiger partial charge in [-0.15, -0.1) is 0 Å². The van der Waals surface area contributed by atoms with Crippen molar-refractivity contribution in [3.8, 4) is 11.1 Å². The number of hydrogen-bond acceptors (Lipinski definition) is 2. The van der Waals surface area contributed by atoms with E-state index in [-0.39, 0.29) is 5.43 Å². The van der Waals surface area contributed by atoms with E-state index in [0.717, 1.165) is 10.0 Å². The Kier molecular flexibility index (Phi) is 3.76. The van der Waals surface area contributed by atoms with E-state index in [0.29, 0.717) is 27.6 Å². The van der Waals surface area contributed by atoms with Crippen molar-refractivity contribution in [1.82, 2.24) is 0 Å². The van der Waals surface area contributed by atoms with E-state index in [9.17, 15) is 4.79 Å². The van der Waals surface area contributed by atoms with Crippen molar-refractivity contribution in [1.29, 1.82) is 0 Å². The molecule has 0 fully saturated rings. The molecule has 0 saturated heterocycles. The number of alkyl halides is 1. The third-order valence-electron chi connectivity index (χ3n) is 3.11. The number of hydrogen-bond donors (Lipinski definition) is 0. The van der Waals surface area contributed by atoms with Crippen LogP contribution >= 0.6 is 31.9 Å². The van der Waals surface area contributed by atoms with E-state index in [1.807, 2.05) is 42.5 Å². The minimum Gasteiger partial charge on any atom is -0.459 e. The Morgan fingerprint density at radius 3 is 2.50 bits per heavy atom. The molecule has 1 heterocycles. The van der Waals surface area contributed by atoms with Gasteiger partial charge in [0.25, 0.3) is 0 Å². The normalized spacial score (nSPS) is 10.9. The molecule has 0 N–H and O–H groups in total. The van der Waals surface area contributed by atoms with E-state index < -0.39 is 0 Å². The second kappa shape index (κ2) is 5.54. The third kappa shape index (κ3) is 2.34. The van der Waals surface area contributed by atoms with Gasteiger partial charge in [0, 0.05) is 4.47 Å². The lowest BCUT2D eigenvalue weighted by atomic mass is 10.0. The topological polar surface area (TPSA) is 30.2 Å². The first-order valence-electron chi connectivity index (χ1n) is 6.07. The first kappa shape index (κ1) is 13.6. The average molecular weight is 394 g/mol. The minimum absolute atomic E-state index is 0.00630. The Morgan fingerprint density at radius 1 is 1.05 bits per heavy atom. The van der Waals surface area contributed by atoms with Crippen LogP contribution in [0.1, 0.15) is 5.76 Å². The number of fused-ring (bicyclic) bond motifs is 1. The number of halogens is 2. The van der Waals surface area contributed by atoms with E-state index in [4.69, 9.17) is 4.42 Å². The highest BCUT2D eigenvalue weighted by atomic mass is 79.9. The fourth-order valence-electron chi connectivity index (χ4n) is 2.20. The van der Waals surface area contributed by atoms with Crippen molar-refractivity contribution in [2.24, 2.45) is 0 Å². The van der Waals surface area contributed by atoms with Crippen molar-refractivity contribution in [2.75, 3.05) is 0 Å². The second-order valence-electron chi connectivity index (χ2n) is 4.37. The molecule has 0 aliphatic carbocycles. The summed E-state index contributed by atoms with van der Waals surface area (Å²) in [7, 11) is 0. The third-order valence-corrected chi connectivity index (χ3v) is 4.11. The van der Waals surface area contributed by atoms with Gasteiger partial charge < -0.3 is 4.42 Å². The van der Waals surface area contributed by atoms with Crippen LogP contribution in [0.3, 0.4) is 0 Å². The Balaban J connectivity index is 2.41. The van der Waals surface area contributed by atoms with Gasteiger partial charge in [0.1, 0.15) is 11.3 Å². The van der Waals surface area contributed by atoms with Gasteiger partial charge in [-0.05, 0) is 23.8 Å². The number of rotatable bonds is 2. The summed E-state index contributed by atoms with van der Waals surface area (Å²) in [6.45, 7) is 0. The standard InChI is InChI=1S/C16H10Br2O2/c17-9-14-15(10-4-2-1-3-5-10)16(19)12-8-11(18)6-7-13(12)20-14/h1-8H,9H2. The van der Waals surface area contributed by atoms with E-state index >= 15 is 0 Å². The Hall–Kier alpha value is -1.39. The highest BCUT2D eigenvalue weighted by Gasteiger charge is 2.15. The maximum absolute atomic E-state index is 12.8. The molecule has 0 bridgehead atoms. The van der Waals surface area contributed by atoms with Gasteiger partial charge in [-0.25, -0.2) is 0 Å². The zero-order chi connectivity index (χ0) is 14.1. The molecule has 0 spiro atoms. The molecule has 3 aromatic rings. The molecule has 0 aliphatic heterocycles. The van der Waals surface area contributed by atoms with Crippen LogP contribution in [0.5, 0.6) is 0 Å². The molecule has 2 aromatic carbocycles. The van der Waals surface area contributed by atoms with Crippen LogP contribution in [0, 0.1) is 0 Å². The molecule has 4 heteroatoms. The molecule has 0 amide bonds. The molecule has 0 unspecified atom stereocenters. The summed E-state index contributed by atoms with van der Waals surface area (Å²) < 4.78 is 6.73. The maximum atomic E-state index is 12.8. The fraction of sp³-hybridized carbons (Fsp3) is 0.0625. The van der Waals surface area contributed by atoms with Crippen LogP contribution in [0.2, 0.25) is 0 Å². The van der Waals surface area contributed by atoms with E-state index in [1.54, 1.807) is 6.07 Å². The van der Waals surface area contributed by atoms with Crippen LogP contribution in [-0.2, 0) is 5.33 Å². The van der Waals surface area contributed by atoms with Crippen molar-refractivity contribution >= 4 is 42.8 Å². The van der Waals surface area contributed by atoms with Crippen LogP contribution in [0.15, 0.2) is 62.2 Å². The van der Waals surface area contributed by atoms with Gasteiger partial charge in [-0.2, -0.15) is 0 Å². The Bertz CT molecular complexity index is 823. The monoisotopic (exact) mass is 392 g/mol. The van der Waals surface area contributed by atoms with Gasteiger partial charge in [-0.1, -0.05) is 62.2 Å². The molecule has 0 radical (unpaired) electrons. The van der Waals surface area contributed by atoms with Crippen LogP contribution < -0.4 is 5.43 Å². The highest BCUT2D eigenvalue weighted by molar-refractivity contribution is 9.10. The molecule has 2 nitrogen and oxygen atoms in total. The number of benzene rings is 2. The SMILES string of the molecule is O=c1c(-c2ccccc2)c(CBr)oc2ccc(Br)cc12. The molecule has 0 atom stereocenters. The lowest BCUT2D eigenvalue weighted by molar-refractivity contribution is 0.564. The summed E-state index contributed by atoms with van der Waals surface area (Å²) in [6.07, 6.45) is 0. The van der Waals surface area contributed by atoms with Crippen LogP contribution in [0.25, 0.3) is 22.1 Å². The van der Waals surface area contributed by atoms with Gasteiger partial charge in [0.2, 0.25) is 5.43 Å². The fourth-order valence-corrected chi connectivity index (χ4v) is 2.96. The summed E-state index contributed by atoms with van der Waals surface area (Å²) in [5, 5.41) is 1.08. The molecule has 1 aromatic heterocycles. The van der Waals surface area contributed by atoms with E-state index in [2.05, 4.69) is 31.9 Å². The first-order valence-corrected chi connectivity index (χ1v) is 7.99. The van der Waals surface area contributed by atoms with Crippen molar-refractivity contribution in [3.63, 3.8) is 0 Å². The summed E-state index contributed by atoms with van der Waals surface area (Å²) in [4.78, 5) is 12.8. The predicted molar refractivity (Wildman–Crippen MR) is 88.3 cm³/mol. The van der Waals surface area contributed by atoms with Gasteiger partial charge in [0.15, 0.2) is 0 Å². The summed E-state index contributed by atoms with van der Waals surface area (Å²) >= 11 is 6.79. The Morgan fingerprint density at radius 2 is 1.80 bits per heavy atom. The molecule has 100 valence electrons. The highest BCUT2D eigenvalue weighted by Crippen LogP contribution is 2.27. The average Bonchev–Trinajstić information content (AvgIpc) is 2.48.